The molecule has 1 rings (SSSR count). The standard InChI is InChI=1S/C14H19N3O5/c1-10-12(8-11(9-16-10)17(21)22)14(20)15-7-5-3-2-4-6-13(18)19/h8-9H,2-7H2,1H3,(H,15,20)(H,18,19). The molecule has 2 N–H and O–H groups in total. The summed E-state index contributed by atoms with van der Waals surface area (Å²) in [5, 5.41) is 21.9. The third-order valence-electron chi connectivity index (χ3n) is 3.13. The number of rotatable bonds is 9. The first-order chi connectivity index (χ1) is 10.4. The fourth-order valence-corrected chi connectivity index (χ4v) is 1.90. The molecular weight excluding hydrogens is 290 g/mol. The second-order valence-electron chi connectivity index (χ2n) is 4.90. The molecule has 0 fully saturated rings. The smallest absolute Gasteiger partial charge is 0.303 e. The van der Waals surface area contributed by atoms with Gasteiger partial charge in [-0.05, 0) is 19.8 Å². The Kier molecular flexibility index (Phi) is 6.94. The van der Waals surface area contributed by atoms with Crippen LogP contribution in [0, 0.1) is 17.0 Å². The maximum atomic E-state index is 12.0. The number of unbranched alkanes of at least 4 members (excludes halogenated alkanes) is 3. The van der Waals surface area contributed by atoms with Crippen LogP contribution in [0.2, 0.25) is 0 Å². The van der Waals surface area contributed by atoms with Crippen LogP contribution in [0.15, 0.2) is 12.3 Å². The fraction of sp³-hybridized carbons (Fsp3) is 0.500. The summed E-state index contributed by atoms with van der Waals surface area (Å²) in [7, 11) is 0. The molecule has 1 heterocycles. The Morgan fingerprint density at radius 3 is 2.64 bits per heavy atom. The molecule has 0 aliphatic carbocycles. The van der Waals surface area contributed by atoms with E-state index in [4.69, 9.17) is 5.11 Å². The first-order valence-corrected chi connectivity index (χ1v) is 7.03. The van der Waals surface area contributed by atoms with Crippen molar-refractivity contribution in [3.8, 4) is 0 Å². The number of hydrogen-bond donors (Lipinski definition) is 2. The molecule has 0 bridgehead atoms. The van der Waals surface area contributed by atoms with Gasteiger partial charge in [-0.25, -0.2) is 0 Å². The van der Waals surface area contributed by atoms with Crippen molar-refractivity contribution in [2.45, 2.75) is 39.0 Å². The number of carboxylic acid groups (broad SMARTS) is 1. The lowest BCUT2D eigenvalue weighted by Gasteiger charge is -2.07. The second-order valence-corrected chi connectivity index (χ2v) is 4.90. The van der Waals surface area contributed by atoms with E-state index < -0.39 is 10.9 Å². The number of nitro groups is 1. The van der Waals surface area contributed by atoms with Gasteiger partial charge in [0.05, 0.1) is 16.2 Å². The van der Waals surface area contributed by atoms with Gasteiger partial charge in [0.25, 0.3) is 11.6 Å². The zero-order valence-corrected chi connectivity index (χ0v) is 12.4. The van der Waals surface area contributed by atoms with Crippen molar-refractivity contribution in [2.75, 3.05) is 6.54 Å². The molecular formula is C14H19N3O5. The van der Waals surface area contributed by atoms with E-state index in [-0.39, 0.29) is 23.6 Å². The minimum Gasteiger partial charge on any atom is -0.481 e. The molecule has 0 unspecified atom stereocenters. The second kappa shape index (κ2) is 8.71. The van der Waals surface area contributed by atoms with Gasteiger partial charge in [-0.15, -0.1) is 0 Å². The van der Waals surface area contributed by atoms with Gasteiger partial charge in [0.15, 0.2) is 0 Å². The Morgan fingerprint density at radius 1 is 1.32 bits per heavy atom. The summed E-state index contributed by atoms with van der Waals surface area (Å²) < 4.78 is 0. The molecule has 1 aromatic heterocycles. The van der Waals surface area contributed by atoms with Crippen LogP contribution in [-0.2, 0) is 4.79 Å². The highest BCUT2D eigenvalue weighted by Gasteiger charge is 2.15. The van der Waals surface area contributed by atoms with E-state index in [1.165, 1.54) is 6.07 Å². The third kappa shape index (κ3) is 5.86. The number of aryl methyl sites for hydroxylation is 1. The van der Waals surface area contributed by atoms with Crippen molar-refractivity contribution in [2.24, 2.45) is 0 Å². The summed E-state index contributed by atoms with van der Waals surface area (Å²) in [6, 6.07) is 1.21. The average molecular weight is 309 g/mol. The van der Waals surface area contributed by atoms with Crippen LogP contribution in [-0.4, -0.2) is 33.4 Å². The maximum Gasteiger partial charge on any atom is 0.303 e. The van der Waals surface area contributed by atoms with Crippen molar-refractivity contribution in [3.05, 3.63) is 33.6 Å². The van der Waals surface area contributed by atoms with Gasteiger partial charge in [-0.1, -0.05) is 12.8 Å². The van der Waals surface area contributed by atoms with Crippen LogP contribution in [0.4, 0.5) is 5.69 Å². The molecule has 0 saturated heterocycles. The topological polar surface area (TPSA) is 122 Å². The minimum atomic E-state index is -0.804. The molecule has 0 radical (unpaired) electrons. The lowest BCUT2D eigenvalue weighted by Crippen LogP contribution is -2.25. The van der Waals surface area contributed by atoms with Crippen molar-refractivity contribution < 1.29 is 19.6 Å². The summed E-state index contributed by atoms with van der Waals surface area (Å²) in [5.74, 6) is -1.19. The SMILES string of the molecule is Cc1ncc([N+](=O)[O-])cc1C(=O)NCCCCCCC(=O)O. The summed E-state index contributed by atoms with van der Waals surface area (Å²) in [4.78, 5) is 36.2. The largest absolute Gasteiger partial charge is 0.481 e. The number of aromatic nitrogens is 1. The number of carboxylic acids is 1. The van der Waals surface area contributed by atoms with Crippen LogP contribution in [0.25, 0.3) is 0 Å². The molecule has 8 nitrogen and oxygen atoms in total. The molecule has 0 spiro atoms. The molecule has 1 amide bonds. The summed E-state index contributed by atoms with van der Waals surface area (Å²) in [6.07, 6.45) is 4.24. The Balaban J connectivity index is 2.38. The van der Waals surface area contributed by atoms with Gasteiger partial charge in [-0.2, -0.15) is 0 Å². The number of hydrogen-bond acceptors (Lipinski definition) is 5. The van der Waals surface area contributed by atoms with E-state index in [0.717, 1.165) is 25.5 Å². The predicted octanol–water partition coefficient (Wildman–Crippen LogP) is 2.06. The van der Waals surface area contributed by atoms with Crippen LogP contribution in [0.5, 0.6) is 0 Å². The third-order valence-corrected chi connectivity index (χ3v) is 3.13. The van der Waals surface area contributed by atoms with Gasteiger partial charge in [0, 0.05) is 19.0 Å². The normalized spacial score (nSPS) is 10.2. The highest BCUT2D eigenvalue weighted by molar-refractivity contribution is 5.95. The number of pyridine rings is 1. The maximum absolute atomic E-state index is 12.0. The van der Waals surface area contributed by atoms with Crippen LogP contribution >= 0.6 is 0 Å². The average Bonchev–Trinajstić information content (AvgIpc) is 2.45. The van der Waals surface area contributed by atoms with Crippen molar-refractivity contribution >= 4 is 17.6 Å². The highest BCUT2D eigenvalue weighted by Crippen LogP contribution is 2.14. The first kappa shape index (κ1) is 17.5. The molecule has 0 aliphatic heterocycles. The van der Waals surface area contributed by atoms with Gasteiger partial charge in [0.2, 0.25) is 0 Å². The molecule has 0 atom stereocenters. The Morgan fingerprint density at radius 2 is 2.00 bits per heavy atom. The highest BCUT2D eigenvalue weighted by atomic mass is 16.6. The van der Waals surface area contributed by atoms with E-state index in [1.54, 1.807) is 6.92 Å². The Labute approximate surface area is 127 Å². The molecule has 0 aliphatic rings. The van der Waals surface area contributed by atoms with E-state index in [0.29, 0.717) is 18.7 Å². The zero-order valence-electron chi connectivity index (χ0n) is 12.4. The molecule has 1 aromatic rings. The van der Waals surface area contributed by atoms with Gasteiger partial charge >= 0.3 is 5.97 Å². The van der Waals surface area contributed by atoms with E-state index in [9.17, 15) is 19.7 Å². The molecule has 0 aromatic carbocycles. The van der Waals surface area contributed by atoms with E-state index >= 15 is 0 Å². The van der Waals surface area contributed by atoms with Crippen LogP contribution in [0.3, 0.4) is 0 Å². The number of aliphatic carboxylic acids is 1. The number of nitrogens with one attached hydrogen (secondary N) is 1. The lowest BCUT2D eigenvalue weighted by molar-refractivity contribution is -0.385. The van der Waals surface area contributed by atoms with Crippen molar-refractivity contribution in [1.82, 2.24) is 10.3 Å². The van der Waals surface area contributed by atoms with E-state index in [2.05, 4.69) is 10.3 Å². The molecule has 8 heteroatoms. The van der Waals surface area contributed by atoms with Crippen LogP contribution in [0.1, 0.15) is 48.2 Å². The van der Waals surface area contributed by atoms with Gasteiger partial charge in [0.1, 0.15) is 6.20 Å². The van der Waals surface area contributed by atoms with Gasteiger partial charge < -0.3 is 10.4 Å². The minimum absolute atomic E-state index is 0.158. The monoisotopic (exact) mass is 309 g/mol. The Bertz CT molecular complexity index is 559. The molecule has 120 valence electrons. The number of carbonyl (C=O) groups excluding carboxylic acids is 1. The fourth-order valence-electron chi connectivity index (χ4n) is 1.90. The zero-order chi connectivity index (χ0) is 16.5. The number of amides is 1. The summed E-state index contributed by atoms with van der Waals surface area (Å²) in [5.41, 5.74) is 0.411. The summed E-state index contributed by atoms with van der Waals surface area (Å²) in [6.45, 7) is 2.05. The van der Waals surface area contributed by atoms with Gasteiger partial charge in [-0.3, -0.25) is 24.7 Å². The molecule has 0 saturated carbocycles. The Hall–Kier alpha value is -2.51. The first-order valence-electron chi connectivity index (χ1n) is 7.03. The molecule has 22 heavy (non-hydrogen) atoms. The number of nitrogens with zero attached hydrogens (tertiary/aromatic N) is 2. The lowest BCUT2D eigenvalue weighted by atomic mass is 10.1. The van der Waals surface area contributed by atoms with E-state index in [1.807, 2.05) is 0 Å². The van der Waals surface area contributed by atoms with Crippen molar-refractivity contribution in [1.29, 1.82) is 0 Å². The number of carbonyl (C=O) groups is 2. The predicted molar refractivity (Wildman–Crippen MR) is 78.7 cm³/mol. The summed E-state index contributed by atoms with van der Waals surface area (Å²) >= 11 is 0. The van der Waals surface area contributed by atoms with Crippen LogP contribution < -0.4 is 5.32 Å². The van der Waals surface area contributed by atoms with Crippen molar-refractivity contribution in [3.63, 3.8) is 0 Å². The quantitative estimate of drug-likeness (QED) is 0.409.